The van der Waals surface area contributed by atoms with Crippen molar-refractivity contribution in [1.29, 1.82) is 0 Å². The molecule has 0 aromatic carbocycles. The van der Waals surface area contributed by atoms with Gasteiger partial charge in [0, 0.05) is 6.92 Å². The number of carbonyl (C=O) groups excluding carboxylic acids is 1. The fourth-order valence-electron chi connectivity index (χ4n) is 0. The van der Waals surface area contributed by atoms with Crippen molar-refractivity contribution >= 4 is 5.91 Å². The molecule has 0 bridgehead atoms. The van der Waals surface area contributed by atoms with Crippen LogP contribution in [0.1, 0.15) is 0 Å². The Balaban J connectivity index is 2.85. The Hall–Kier alpha value is -0.570. The van der Waals surface area contributed by atoms with Crippen LogP contribution in [0.25, 0.3) is 0 Å². The Morgan fingerprint density at radius 1 is 2.00 bits per heavy atom. The molecule has 0 aromatic heterocycles. The number of hydrogen-bond acceptors (Lipinski definition) is 2. The maximum atomic E-state index is 9.47. The minimum absolute atomic E-state index is 0.468. The standard InChI is InChI=1S/C2H5N2O/c1-2(5)4-3/h1,3H2,(H,4,5). The summed E-state index contributed by atoms with van der Waals surface area (Å²) in [4.78, 5) is 9.47. The third-order valence-corrected chi connectivity index (χ3v) is 0.161. The van der Waals surface area contributed by atoms with Gasteiger partial charge in [-0.3, -0.25) is 10.2 Å². The van der Waals surface area contributed by atoms with E-state index < -0.39 is 5.91 Å². The zero-order valence-corrected chi connectivity index (χ0v) is 2.69. The lowest BCUT2D eigenvalue weighted by molar-refractivity contribution is -0.116. The monoisotopic (exact) mass is 73.0 g/mol. The summed E-state index contributed by atoms with van der Waals surface area (Å²) in [6, 6.07) is 0. The van der Waals surface area contributed by atoms with Crippen molar-refractivity contribution in [3.8, 4) is 0 Å². The van der Waals surface area contributed by atoms with E-state index in [1.807, 2.05) is 0 Å². The molecule has 3 heteroatoms. The lowest BCUT2D eigenvalue weighted by atomic mass is 10.8. The fourth-order valence-corrected chi connectivity index (χ4v) is 0. The summed E-state index contributed by atoms with van der Waals surface area (Å²) in [6.07, 6.45) is 0. The molecule has 1 radical (unpaired) electrons. The van der Waals surface area contributed by atoms with Crippen LogP contribution in [0.4, 0.5) is 0 Å². The van der Waals surface area contributed by atoms with E-state index in [4.69, 9.17) is 0 Å². The summed E-state index contributed by atoms with van der Waals surface area (Å²) in [5.74, 6) is 4.04. The first-order valence-corrected chi connectivity index (χ1v) is 1.10. The second kappa shape index (κ2) is 1.72. The van der Waals surface area contributed by atoms with Gasteiger partial charge in [-0.2, -0.15) is 0 Å². The molecule has 0 fully saturated rings. The molecule has 3 nitrogen and oxygen atoms in total. The summed E-state index contributed by atoms with van der Waals surface area (Å²) < 4.78 is 0. The van der Waals surface area contributed by atoms with Crippen molar-refractivity contribution in [3.63, 3.8) is 0 Å². The van der Waals surface area contributed by atoms with Gasteiger partial charge in [-0.1, -0.05) is 0 Å². The van der Waals surface area contributed by atoms with Crippen LogP contribution in [0.3, 0.4) is 0 Å². The van der Waals surface area contributed by atoms with Gasteiger partial charge >= 0.3 is 0 Å². The summed E-state index contributed by atoms with van der Waals surface area (Å²) in [6.45, 7) is 2.88. The highest BCUT2D eigenvalue weighted by Gasteiger charge is 1.73. The molecule has 0 aliphatic rings. The SMILES string of the molecule is [CH2]C(=O)NN. The molecule has 0 atom stereocenters. The molecule has 0 heterocycles. The predicted octanol–water partition coefficient (Wildman–Crippen LogP) is -1.19. The van der Waals surface area contributed by atoms with E-state index in [0.717, 1.165) is 0 Å². The van der Waals surface area contributed by atoms with Gasteiger partial charge < -0.3 is 0 Å². The molecular weight excluding hydrogens is 68.0 g/mol. The molecule has 0 aromatic rings. The molecule has 29 valence electrons. The van der Waals surface area contributed by atoms with Crippen LogP contribution in [0.15, 0.2) is 0 Å². The summed E-state index contributed by atoms with van der Waals surface area (Å²) in [5, 5.41) is 0. The molecule has 3 N–H and O–H groups in total. The van der Waals surface area contributed by atoms with Crippen LogP contribution in [-0.2, 0) is 4.79 Å². The number of nitrogens with two attached hydrogens (primary N) is 1. The minimum atomic E-state index is -0.468. The third-order valence-electron chi connectivity index (χ3n) is 0.161. The fraction of sp³-hybridized carbons (Fsp3) is 0. The topological polar surface area (TPSA) is 55.1 Å². The molecular formula is C2H5N2O. The molecule has 0 saturated heterocycles. The Kier molecular flexibility index (Phi) is 1.53. The van der Waals surface area contributed by atoms with Crippen LogP contribution < -0.4 is 11.3 Å². The average molecular weight is 73.1 g/mol. The Labute approximate surface area is 30.1 Å². The van der Waals surface area contributed by atoms with Crippen molar-refractivity contribution in [3.05, 3.63) is 6.92 Å². The first kappa shape index (κ1) is 4.43. The van der Waals surface area contributed by atoms with Crippen LogP contribution in [0.5, 0.6) is 0 Å². The maximum Gasteiger partial charge on any atom is 0.234 e. The zero-order valence-electron chi connectivity index (χ0n) is 2.69. The number of hydrazine groups is 1. The van der Waals surface area contributed by atoms with Crippen molar-refractivity contribution in [2.24, 2.45) is 5.84 Å². The van der Waals surface area contributed by atoms with E-state index in [9.17, 15) is 4.79 Å². The van der Waals surface area contributed by atoms with Gasteiger partial charge in [0.25, 0.3) is 0 Å². The van der Waals surface area contributed by atoms with Crippen LogP contribution in [0.2, 0.25) is 0 Å². The summed E-state index contributed by atoms with van der Waals surface area (Å²) in [5.41, 5.74) is 1.78. The Bertz CT molecular complexity index is 42.9. The highest BCUT2D eigenvalue weighted by Crippen LogP contribution is 1.40. The quantitative estimate of drug-likeness (QED) is 0.215. The normalized spacial score (nSPS) is 6.80. The Morgan fingerprint density at radius 3 is 2.20 bits per heavy atom. The lowest BCUT2D eigenvalue weighted by Gasteiger charge is -1.80. The maximum absolute atomic E-state index is 9.47. The van der Waals surface area contributed by atoms with E-state index in [1.165, 1.54) is 0 Å². The molecule has 0 aliphatic carbocycles. The third kappa shape index (κ3) is 3.43. The highest BCUT2D eigenvalue weighted by atomic mass is 16.2. The van der Waals surface area contributed by atoms with Gasteiger partial charge in [-0.15, -0.1) is 0 Å². The van der Waals surface area contributed by atoms with Crippen molar-refractivity contribution in [1.82, 2.24) is 5.43 Å². The molecule has 0 aliphatic heterocycles. The summed E-state index contributed by atoms with van der Waals surface area (Å²) in [7, 11) is 0. The van der Waals surface area contributed by atoms with Gasteiger partial charge in [0.1, 0.15) is 0 Å². The van der Waals surface area contributed by atoms with Gasteiger partial charge in [-0.05, 0) is 0 Å². The molecule has 0 saturated carbocycles. The molecule has 1 amide bonds. The largest absolute Gasteiger partial charge is 0.294 e. The second-order valence-electron chi connectivity index (χ2n) is 0.568. The lowest BCUT2D eigenvalue weighted by Crippen LogP contribution is -2.27. The Morgan fingerprint density at radius 2 is 2.20 bits per heavy atom. The molecule has 0 spiro atoms. The van der Waals surface area contributed by atoms with Crippen molar-refractivity contribution in [2.75, 3.05) is 0 Å². The van der Waals surface area contributed by atoms with Gasteiger partial charge in [0.2, 0.25) is 5.91 Å². The van der Waals surface area contributed by atoms with Crippen LogP contribution >= 0.6 is 0 Å². The average Bonchev–Trinajstić information content (AvgIpc) is 1.38. The van der Waals surface area contributed by atoms with Crippen LogP contribution in [0, 0.1) is 6.92 Å². The van der Waals surface area contributed by atoms with Gasteiger partial charge in [-0.25, -0.2) is 5.84 Å². The molecule has 0 rings (SSSR count). The number of amides is 1. The minimum Gasteiger partial charge on any atom is -0.294 e. The van der Waals surface area contributed by atoms with Crippen LogP contribution in [-0.4, -0.2) is 5.91 Å². The van der Waals surface area contributed by atoms with Crippen molar-refractivity contribution < 1.29 is 4.79 Å². The first-order valence-electron chi connectivity index (χ1n) is 1.10. The summed E-state index contributed by atoms with van der Waals surface area (Å²) >= 11 is 0. The van der Waals surface area contributed by atoms with E-state index in [0.29, 0.717) is 0 Å². The van der Waals surface area contributed by atoms with E-state index in [1.54, 1.807) is 5.43 Å². The number of hydrogen-bond donors (Lipinski definition) is 2. The van der Waals surface area contributed by atoms with E-state index in [2.05, 4.69) is 12.8 Å². The van der Waals surface area contributed by atoms with Gasteiger partial charge in [0.15, 0.2) is 0 Å². The number of nitrogens with one attached hydrogen (secondary N) is 1. The zero-order chi connectivity index (χ0) is 4.28. The van der Waals surface area contributed by atoms with Gasteiger partial charge in [0.05, 0.1) is 0 Å². The number of rotatable bonds is 0. The first-order chi connectivity index (χ1) is 2.27. The second-order valence-corrected chi connectivity index (χ2v) is 0.568. The molecule has 5 heavy (non-hydrogen) atoms. The smallest absolute Gasteiger partial charge is 0.234 e. The highest BCUT2D eigenvalue weighted by molar-refractivity contribution is 5.79. The predicted molar refractivity (Wildman–Crippen MR) is 17.7 cm³/mol. The van der Waals surface area contributed by atoms with E-state index in [-0.39, 0.29) is 0 Å². The van der Waals surface area contributed by atoms with E-state index >= 15 is 0 Å². The molecule has 0 unspecified atom stereocenters. The van der Waals surface area contributed by atoms with Crippen molar-refractivity contribution in [2.45, 2.75) is 0 Å². The number of carbonyl (C=O) groups is 1.